The van der Waals surface area contributed by atoms with Crippen LogP contribution in [0.25, 0.3) is 10.9 Å². The van der Waals surface area contributed by atoms with Gasteiger partial charge in [0.1, 0.15) is 30.2 Å². The van der Waals surface area contributed by atoms with E-state index in [0.717, 1.165) is 28.6 Å². The molecule has 3 heterocycles. The lowest BCUT2D eigenvalue weighted by Crippen LogP contribution is -2.49. The first-order valence-corrected chi connectivity index (χ1v) is 12.4. The van der Waals surface area contributed by atoms with Crippen LogP contribution in [0.5, 0.6) is 5.75 Å². The molecule has 3 aromatic rings. The monoisotopic (exact) mass is 505 g/mol. The van der Waals surface area contributed by atoms with Gasteiger partial charge in [-0.15, -0.1) is 0 Å². The number of aliphatic hydroxyl groups excluding tert-OH is 1. The largest absolute Gasteiger partial charge is 0.492 e. The van der Waals surface area contributed by atoms with Gasteiger partial charge in [-0.2, -0.15) is 0 Å². The molecule has 2 aromatic carbocycles. The van der Waals surface area contributed by atoms with E-state index in [4.69, 9.17) is 4.74 Å². The third-order valence-electron chi connectivity index (χ3n) is 7.38. The van der Waals surface area contributed by atoms with Crippen LogP contribution in [0.1, 0.15) is 29.8 Å². The molecule has 0 amide bonds. The Morgan fingerprint density at radius 3 is 2.58 bits per heavy atom. The molecule has 5 nitrogen and oxygen atoms in total. The molecule has 2 aliphatic rings. The number of rotatable bonds is 9. The Morgan fingerprint density at radius 2 is 1.89 bits per heavy atom. The molecule has 0 saturated carbocycles. The Kier molecular flexibility index (Phi) is 7.23. The summed E-state index contributed by atoms with van der Waals surface area (Å²) in [5, 5.41) is 10.3. The molecule has 2 N–H and O–H groups in total. The van der Waals surface area contributed by atoms with Crippen molar-refractivity contribution in [3.05, 3.63) is 64.9 Å². The van der Waals surface area contributed by atoms with Crippen LogP contribution < -0.4 is 4.74 Å². The number of H-pyrrole nitrogens is 1. The zero-order valence-corrected chi connectivity index (χ0v) is 20.2. The molecule has 0 bridgehead atoms. The van der Waals surface area contributed by atoms with Gasteiger partial charge in [0.05, 0.1) is 19.3 Å². The van der Waals surface area contributed by atoms with Crippen LogP contribution in [-0.4, -0.2) is 78.2 Å². The molecule has 0 unspecified atom stereocenters. The minimum atomic E-state index is -1.55. The fourth-order valence-corrected chi connectivity index (χ4v) is 5.54. The number of aromatic amines is 1. The number of likely N-dealkylation sites (tertiary alicyclic amines) is 1. The Bertz CT molecular complexity index is 1190. The minimum Gasteiger partial charge on any atom is -0.492 e. The van der Waals surface area contributed by atoms with E-state index < -0.39 is 30.5 Å². The highest BCUT2D eigenvalue weighted by Gasteiger charge is 2.39. The van der Waals surface area contributed by atoms with E-state index in [9.17, 15) is 13.9 Å². The average molecular weight is 506 g/mol. The third-order valence-corrected chi connectivity index (χ3v) is 7.38. The van der Waals surface area contributed by atoms with Crippen LogP contribution >= 0.6 is 0 Å². The zero-order chi connectivity index (χ0) is 25.4. The van der Waals surface area contributed by atoms with Crippen LogP contribution in [0.15, 0.2) is 36.4 Å². The smallest absolute Gasteiger partial charge is 0.136 e. The SMILES string of the molecule is C[C@@H]1Cc2c([nH]c3ccccc23)[C@@H](c2c(F)cc(OCCN3CC(CF)C3)cc2F)N1C[C@@H](F)CO. The summed E-state index contributed by atoms with van der Waals surface area (Å²) in [4.78, 5) is 7.06. The van der Waals surface area contributed by atoms with Gasteiger partial charge in [0.15, 0.2) is 0 Å². The molecule has 0 spiro atoms. The number of nitrogens with one attached hydrogen (secondary N) is 1. The maximum Gasteiger partial charge on any atom is 0.136 e. The summed E-state index contributed by atoms with van der Waals surface area (Å²) in [6.45, 7) is 2.83. The number of alkyl halides is 2. The van der Waals surface area contributed by atoms with Crippen molar-refractivity contribution < 1.29 is 27.4 Å². The van der Waals surface area contributed by atoms with Gasteiger partial charge in [0, 0.05) is 72.4 Å². The van der Waals surface area contributed by atoms with Crippen molar-refractivity contribution in [2.45, 2.75) is 31.6 Å². The minimum absolute atomic E-state index is 0.0595. The van der Waals surface area contributed by atoms with Gasteiger partial charge in [0.2, 0.25) is 0 Å². The van der Waals surface area contributed by atoms with E-state index in [1.807, 2.05) is 36.1 Å². The van der Waals surface area contributed by atoms with Crippen LogP contribution in [0.3, 0.4) is 0 Å². The molecule has 1 saturated heterocycles. The number of benzene rings is 2. The highest BCUT2D eigenvalue weighted by atomic mass is 19.1. The van der Waals surface area contributed by atoms with Crippen molar-refractivity contribution in [3.8, 4) is 5.75 Å². The highest BCUT2D eigenvalue weighted by Crippen LogP contribution is 2.43. The third kappa shape index (κ3) is 4.71. The van der Waals surface area contributed by atoms with E-state index >= 15 is 8.78 Å². The molecule has 0 radical (unpaired) electrons. The average Bonchev–Trinajstić information content (AvgIpc) is 3.19. The number of aliphatic hydroxyl groups is 1. The predicted octanol–water partition coefficient (Wildman–Crippen LogP) is 4.39. The molecular formula is C27H31F4N3O2. The topological polar surface area (TPSA) is 51.7 Å². The molecule has 5 rings (SSSR count). The van der Waals surface area contributed by atoms with E-state index in [1.54, 1.807) is 4.90 Å². The Hall–Kier alpha value is -2.62. The van der Waals surface area contributed by atoms with Crippen LogP contribution in [0.2, 0.25) is 0 Å². The van der Waals surface area contributed by atoms with Crippen molar-refractivity contribution >= 4 is 10.9 Å². The first-order valence-electron chi connectivity index (χ1n) is 12.4. The number of aromatic nitrogens is 1. The first kappa shape index (κ1) is 25.0. The van der Waals surface area contributed by atoms with Gasteiger partial charge < -0.3 is 14.8 Å². The van der Waals surface area contributed by atoms with E-state index in [-0.39, 0.29) is 43.1 Å². The van der Waals surface area contributed by atoms with Crippen molar-refractivity contribution in [2.75, 3.05) is 46.1 Å². The Labute approximate surface area is 207 Å². The maximum absolute atomic E-state index is 15.6. The second kappa shape index (κ2) is 10.4. The van der Waals surface area contributed by atoms with Gasteiger partial charge in [-0.3, -0.25) is 14.2 Å². The molecule has 194 valence electrons. The number of para-hydroxylation sites is 1. The second-order valence-electron chi connectivity index (χ2n) is 9.92. The Balaban J connectivity index is 1.46. The molecule has 3 atom stereocenters. The molecule has 9 heteroatoms. The maximum atomic E-state index is 15.6. The number of hydrogen-bond donors (Lipinski definition) is 2. The first-order chi connectivity index (χ1) is 17.4. The van der Waals surface area contributed by atoms with E-state index in [0.29, 0.717) is 31.7 Å². The van der Waals surface area contributed by atoms with E-state index in [2.05, 4.69) is 4.98 Å². The molecule has 1 fully saturated rings. The zero-order valence-electron chi connectivity index (χ0n) is 20.2. The second-order valence-corrected chi connectivity index (χ2v) is 9.92. The van der Waals surface area contributed by atoms with E-state index in [1.165, 1.54) is 0 Å². The summed E-state index contributed by atoms with van der Waals surface area (Å²) in [6.07, 6.45) is -0.967. The van der Waals surface area contributed by atoms with Gasteiger partial charge >= 0.3 is 0 Å². The quantitative estimate of drug-likeness (QED) is 0.424. The number of ether oxygens (including phenoxy) is 1. The van der Waals surface area contributed by atoms with Crippen LogP contribution in [-0.2, 0) is 6.42 Å². The summed E-state index contributed by atoms with van der Waals surface area (Å²) in [5.41, 5.74) is 2.26. The van der Waals surface area contributed by atoms with Crippen molar-refractivity contribution in [1.82, 2.24) is 14.8 Å². The number of fused-ring (bicyclic) bond motifs is 3. The molecule has 0 aliphatic carbocycles. The van der Waals surface area contributed by atoms with Crippen LogP contribution in [0, 0.1) is 17.6 Å². The molecule has 36 heavy (non-hydrogen) atoms. The summed E-state index contributed by atoms with van der Waals surface area (Å²) < 4.78 is 63.7. The summed E-state index contributed by atoms with van der Waals surface area (Å²) in [6, 6.07) is 8.89. The van der Waals surface area contributed by atoms with Gasteiger partial charge in [0.25, 0.3) is 0 Å². The fraction of sp³-hybridized carbons (Fsp3) is 0.481. The summed E-state index contributed by atoms with van der Waals surface area (Å²) in [7, 11) is 0. The lowest BCUT2D eigenvalue weighted by molar-refractivity contribution is 0.0666. The number of nitrogens with zero attached hydrogens (tertiary/aromatic N) is 2. The van der Waals surface area contributed by atoms with Gasteiger partial charge in [-0.1, -0.05) is 18.2 Å². The van der Waals surface area contributed by atoms with Crippen molar-refractivity contribution in [3.63, 3.8) is 0 Å². The van der Waals surface area contributed by atoms with Crippen molar-refractivity contribution in [1.29, 1.82) is 0 Å². The summed E-state index contributed by atoms with van der Waals surface area (Å²) in [5.74, 6) is -1.43. The molecule has 2 aliphatic heterocycles. The molecular weight excluding hydrogens is 474 g/mol. The summed E-state index contributed by atoms with van der Waals surface area (Å²) >= 11 is 0. The normalized spacial score (nSPS) is 21.9. The van der Waals surface area contributed by atoms with Gasteiger partial charge in [-0.05, 0) is 25.0 Å². The fourth-order valence-electron chi connectivity index (χ4n) is 5.54. The highest BCUT2D eigenvalue weighted by molar-refractivity contribution is 5.85. The lowest BCUT2D eigenvalue weighted by atomic mass is 9.88. The van der Waals surface area contributed by atoms with Crippen LogP contribution in [0.4, 0.5) is 17.6 Å². The molecule has 1 aromatic heterocycles. The Morgan fingerprint density at radius 1 is 1.17 bits per heavy atom. The number of hydrogen-bond acceptors (Lipinski definition) is 4. The van der Waals surface area contributed by atoms with Gasteiger partial charge in [-0.25, -0.2) is 13.2 Å². The lowest BCUT2D eigenvalue weighted by Gasteiger charge is -2.41. The van der Waals surface area contributed by atoms with Crippen molar-refractivity contribution in [2.24, 2.45) is 5.92 Å². The standard InChI is InChI=1S/C27H31F4N3O2/c1-16-8-21-20-4-2-3-5-24(20)32-26(21)27(34(16)14-18(29)15-35)25-22(30)9-19(10-23(25)31)36-7-6-33-12-17(11-28)13-33/h2-5,9-10,16-18,27,32,35H,6-8,11-15H2,1H3/t16-,18-,27-/m1/s1. The predicted molar refractivity (Wildman–Crippen MR) is 130 cm³/mol. The number of halogens is 4.